The van der Waals surface area contributed by atoms with Gasteiger partial charge in [0.05, 0.1) is 11.7 Å². The summed E-state index contributed by atoms with van der Waals surface area (Å²) < 4.78 is 16.4. The van der Waals surface area contributed by atoms with E-state index in [0.29, 0.717) is 21.8 Å². The second-order valence-electron chi connectivity index (χ2n) is 5.49. The van der Waals surface area contributed by atoms with E-state index in [0.717, 1.165) is 16.5 Å². The average molecular weight is 339 g/mol. The van der Waals surface area contributed by atoms with Crippen LogP contribution in [-0.2, 0) is 7.05 Å². The third-order valence-electron chi connectivity index (χ3n) is 3.86. The SMILES string of the molecule is Cn1cc(-c2ccc(-c3cncc4ccc(Cl)nc34)c(F)c2)cn1. The van der Waals surface area contributed by atoms with E-state index < -0.39 is 0 Å². The van der Waals surface area contributed by atoms with Crippen molar-refractivity contribution < 1.29 is 4.39 Å². The summed E-state index contributed by atoms with van der Waals surface area (Å²) in [6, 6.07) is 8.60. The van der Waals surface area contributed by atoms with Crippen LogP contribution < -0.4 is 0 Å². The fraction of sp³-hybridized carbons (Fsp3) is 0.0556. The second kappa shape index (κ2) is 5.69. The van der Waals surface area contributed by atoms with Crippen molar-refractivity contribution in [3.05, 3.63) is 66.1 Å². The highest BCUT2D eigenvalue weighted by molar-refractivity contribution is 6.29. The van der Waals surface area contributed by atoms with Gasteiger partial charge in [-0.1, -0.05) is 23.7 Å². The first-order valence-electron chi connectivity index (χ1n) is 7.31. The van der Waals surface area contributed by atoms with Crippen molar-refractivity contribution in [2.75, 3.05) is 0 Å². The number of hydrogen-bond acceptors (Lipinski definition) is 3. The van der Waals surface area contributed by atoms with Gasteiger partial charge in [0.1, 0.15) is 11.0 Å². The highest BCUT2D eigenvalue weighted by atomic mass is 35.5. The van der Waals surface area contributed by atoms with Crippen LogP contribution in [0.2, 0.25) is 5.15 Å². The summed E-state index contributed by atoms with van der Waals surface area (Å²) in [5.41, 5.74) is 3.31. The smallest absolute Gasteiger partial charge is 0.131 e. The predicted molar refractivity (Wildman–Crippen MR) is 92.1 cm³/mol. The fourth-order valence-corrected chi connectivity index (χ4v) is 2.85. The molecule has 0 fully saturated rings. The molecule has 0 aliphatic carbocycles. The van der Waals surface area contributed by atoms with E-state index in [-0.39, 0.29) is 5.82 Å². The zero-order valence-electron chi connectivity index (χ0n) is 12.7. The molecule has 0 saturated carbocycles. The molecule has 0 unspecified atom stereocenters. The van der Waals surface area contributed by atoms with Crippen LogP contribution in [0, 0.1) is 5.82 Å². The molecule has 0 amide bonds. The van der Waals surface area contributed by atoms with Gasteiger partial charge in [-0.05, 0) is 23.8 Å². The molecule has 0 aliphatic rings. The Morgan fingerprint density at radius 1 is 1.00 bits per heavy atom. The number of nitrogens with zero attached hydrogens (tertiary/aromatic N) is 4. The highest BCUT2D eigenvalue weighted by Gasteiger charge is 2.12. The van der Waals surface area contributed by atoms with Gasteiger partial charge in [-0.15, -0.1) is 0 Å². The van der Waals surface area contributed by atoms with Gasteiger partial charge in [-0.2, -0.15) is 5.10 Å². The highest BCUT2D eigenvalue weighted by Crippen LogP contribution is 2.31. The van der Waals surface area contributed by atoms with Crippen molar-refractivity contribution in [2.45, 2.75) is 0 Å². The number of hydrogen-bond donors (Lipinski definition) is 0. The Balaban J connectivity index is 1.87. The van der Waals surface area contributed by atoms with Crippen LogP contribution in [0.4, 0.5) is 4.39 Å². The van der Waals surface area contributed by atoms with E-state index in [2.05, 4.69) is 15.1 Å². The van der Waals surface area contributed by atoms with E-state index in [4.69, 9.17) is 11.6 Å². The number of rotatable bonds is 2. The zero-order chi connectivity index (χ0) is 16.7. The fourth-order valence-electron chi connectivity index (χ4n) is 2.70. The molecule has 4 aromatic rings. The third-order valence-corrected chi connectivity index (χ3v) is 4.07. The first-order valence-corrected chi connectivity index (χ1v) is 7.69. The van der Waals surface area contributed by atoms with E-state index in [1.807, 2.05) is 25.4 Å². The molecule has 0 aliphatic heterocycles. The molecule has 3 aromatic heterocycles. The molecule has 0 saturated heterocycles. The van der Waals surface area contributed by atoms with Crippen LogP contribution in [-0.4, -0.2) is 19.7 Å². The van der Waals surface area contributed by atoms with Crippen molar-refractivity contribution >= 4 is 22.5 Å². The van der Waals surface area contributed by atoms with Gasteiger partial charge in [0.15, 0.2) is 0 Å². The summed E-state index contributed by atoms with van der Waals surface area (Å²) in [4.78, 5) is 8.50. The molecule has 1 aromatic carbocycles. The van der Waals surface area contributed by atoms with Crippen molar-refractivity contribution in [3.63, 3.8) is 0 Å². The molecule has 4 nitrogen and oxygen atoms in total. The first-order chi connectivity index (χ1) is 11.6. The Labute approximate surface area is 142 Å². The van der Waals surface area contributed by atoms with Crippen LogP contribution in [0.15, 0.2) is 55.1 Å². The summed E-state index contributed by atoms with van der Waals surface area (Å²) in [6.07, 6.45) is 6.84. The van der Waals surface area contributed by atoms with E-state index in [9.17, 15) is 4.39 Å². The number of halogens is 2. The average Bonchev–Trinajstić information content (AvgIpc) is 3.01. The van der Waals surface area contributed by atoms with Crippen LogP contribution >= 0.6 is 11.6 Å². The largest absolute Gasteiger partial charge is 0.275 e. The van der Waals surface area contributed by atoms with Crippen LogP contribution in [0.5, 0.6) is 0 Å². The number of aryl methyl sites for hydroxylation is 1. The molecular formula is C18H12ClFN4. The second-order valence-corrected chi connectivity index (χ2v) is 5.88. The lowest BCUT2D eigenvalue weighted by Gasteiger charge is -2.08. The van der Waals surface area contributed by atoms with Crippen LogP contribution in [0.25, 0.3) is 33.2 Å². The minimum atomic E-state index is -0.340. The van der Waals surface area contributed by atoms with Gasteiger partial charge in [0.25, 0.3) is 0 Å². The standard InChI is InChI=1S/C18H12ClFN4/c1-24-10-13(8-22-24)11-2-4-14(16(20)6-11)15-9-21-7-12-3-5-17(19)23-18(12)15/h2-10H,1H3. The monoisotopic (exact) mass is 338 g/mol. The summed E-state index contributed by atoms with van der Waals surface area (Å²) in [6.45, 7) is 0. The Morgan fingerprint density at radius 3 is 2.62 bits per heavy atom. The number of fused-ring (bicyclic) bond motifs is 1. The van der Waals surface area contributed by atoms with Gasteiger partial charge < -0.3 is 0 Å². The van der Waals surface area contributed by atoms with E-state index in [1.165, 1.54) is 6.07 Å². The summed E-state index contributed by atoms with van der Waals surface area (Å²) in [7, 11) is 1.82. The minimum absolute atomic E-state index is 0.340. The third kappa shape index (κ3) is 2.53. The number of pyridine rings is 2. The molecular weight excluding hydrogens is 327 g/mol. The number of benzene rings is 1. The van der Waals surface area contributed by atoms with Gasteiger partial charge in [0, 0.05) is 47.7 Å². The maximum atomic E-state index is 14.7. The lowest BCUT2D eigenvalue weighted by molar-refractivity contribution is 0.632. The Kier molecular flexibility index (Phi) is 3.50. The van der Waals surface area contributed by atoms with Crippen molar-refractivity contribution in [1.82, 2.24) is 19.7 Å². The molecule has 0 spiro atoms. The van der Waals surface area contributed by atoms with E-state index in [1.54, 1.807) is 35.4 Å². The van der Waals surface area contributed by atoms with Crippen molar-refractivity contribution in [3.8, 4) is 22.3 Å². The van der Waals surface area contributed by atoms with E-state index >= 15 is 0 Å². The lowest BCUT2D eigenvalue weighted by atomic mass is 10.0. The predicted octanol–water partition coefficient (Wildman–Crippen LogP) is 4.49. The lowest BCUT2D eigenvalue weighted by Crippen LogP contribution is -1.91. The van der Waals surface area contributed by atoms with Crippen LogP contribution in [0.1, 0.15) is 0 Å². The summed E-state index contributed by atoms with van der Waals surface area (Å²) >= 11 is 5.99. The Morgan fingerprint density at radius 2 is 1.88 bits per heavy atom. The molecule has 0 N–H and O–H groups in total. The van der Waals surface area contributed by atoms with Crippen molar-refractivity contribution in [2.24, 2.45) is 7.05 Å². The van der Waals surface area contributed by atoms with Gasteiger partial charge in [0.2, 0.25) is 0 Å². The molecule has 0 bridgehead atoms. The van der Waals surface area contributed by atoms with Crippen LogP contribution in [0.3, 0.4) is 0 Å². The minimum Gasteiger partial charge on any atom is -0.275 e. The van der Waals surface area contributed by atoms with Gasteiger partial charge >= 0.3 is 0 Å². The molecule has 0 radical (unpaired) electrons. The maximum Gasteiger partial charge on any atom is 0.131 e. The molecule has 4 rings (SSSR count). The molecule has 0 atom stereocenters. The van der Waals surface area contributed by atoms with Gasteiger partial charge in [-0.3, -0.25) is 9.67 Å². The first kappa shape index (κ1) is 14.8. The molecule has 24 heavy (non-hydrogen) atoms. The normalized spacial score (nSPS) is 11.1. The molecule has 6 heteroatoms. The quantitative estimate of drug-likeness (QED) is 0.506. The molecule has 3 heterocycles. The Bertz CT molecular complexity index is 1060. The van der Waals surface area contributed by atoms with Crippen molar-refractivity contribution in [1.29, 1.82) is 0 Å². The Hall–Kier alpha value is -2.79. The molecule has 118 valence electrons. The summed E-state index contributed by atoms with van der Waals surface area (Å²) in [5, 5.41) is 5.29. The van der Waals surface area contributed by atoms with Gasteiger partial charge in [-0.25, -0.2) is 9.37 Å². The number of aromatic nitrogens is 4. The topological polar surface area (TPSA) is 43.6 Å². The maximum absolute atomic E-state index is 14.7. The summed E-state index contributed by atoms with van der Waals surface area (Å²) in [5.74, 6) is -0.340. The zero-order valence-corrected chi connectivity index (χ0v) is 13.5.